The lowest BCUT2D eigenvalue weighted by Gasteiger charge is -2.17. The summed E-state index contributed by atoms with van der Waals surface area (Å²) >= 11 is 0. The van der Waals surface area contributed by atoms with Gasteiger partial charge >= 0.3 is 0 Å². The summed E-state index contributed by atoms with van der Waals surface area (Å²) in [7, 11) is -10.1. The molecule has 0 spiro atoms. The molecule has 0 atom stereocenters. The highest BCUT2D eigenvalue weighted by molar-refractivity contribution is 7.91. The summed E-state index contributed by atoms with van der Waals surface area (Å²) in [4.78, 5) is 0.569. The van der Waals surface area contributed by atoms with Gasteiger partial charge in [-0.25, -0.2) is 25.3 Å². The molecular weight excluding hydrogens is 455 g/mol. The van der Waals surface area contributed by atoms with Crippen LogP contribution in [-0.2, 0) is 29.5 Å². The van der Waals surface area contributed by atoms with Crippen LogP contribution in [0, 0.1) is 0 Å². The molecule has 0 aliphatic heterocycles. The van der Waals surface area contributed by atoms with E-state index in [4.69, 9.17) is 0 Å². The second kappa shape index (κ2) is 8.25. The van der Waals surface area contributed by atoms with Gasteiger partial charge in [0, 0.05) is 18.8 Å². The van der Waals surface area contributed by atoms with Crippen LogP contribution in [-0.4, -0.2) is 50.7 Å². The number of rotatable bonds is 6. The average Bonchev–Trinajstić information content (AvgIpc) is 2.67. The normalized spacial score (nSPS) is 12.5. The van der Waals surface area contributed by atoms with E-state index in [0.717, 1.165) is 35.2 Å². The Morgan fingerprint density at radius 1 is 0.419 bits per heavy atom. The quantitative estimate of drug-likeness (QED) is 0.478. The third-order valence-electron chi connectivity index (χ3n) is 4.92. The zero-order valence-electron chi connectivity index (χ0n) is 17.2. The standard InChI is InChI=1S/C21H21BO6S3/c1-29(23,24)19-10-4-16(5-11-19)22(17-6-12-20(13-7-17)30(2,25)26)18-8-14-21(15-9-18)31(3,27)28/h4-15H,1-3H3. The lowest BCUT2D eigenvalue weighted by molar-refractivity contribution is 0.600. The van der Waals surface area contributed by atoms with Crippen molar-refractivity contribution in [2.75, 3.05) is 18.8 Å². The van der Waals surface area contributed by atoms with Crippen LogP contribution >= 0.6 is 0 Å². The molecular formula is C21H21BO6S3. The second-order valence-corrected chi connectivity index (χ2v) is 13.5. The third-order valence-corrected chi connectivity index (χ3v) is 8.31. The van der Waals surface area contributed by atoms with E-state index in [0.29, 0.717) is 0 Å². The van der Waals surface area contributed by atoms with Gasteiger partial charge in [-0.05, 0) is 36.4 Å². The van der Waals surface area contributed by atoms with Crippen molar-refractivity contribution in [3.8, 4) is 0 Å². The zero-order valence-corrected chi connectivity index (χ0v) is 19.6. The molecule has 0 saturated heterocycles. The summed E-state index contributed by atoms with van der Waals surface area (Å²) < 4.78 is 70.8. The third kappa shape index (κ3) is 5.44. The summed E-state index contributed by atoms with van der Waals surface area (Å²) in [5, 5.41) is 0. The lowest BCUT2D eigenvalue weighted by atomic mass is 9.37. The van der Waals surface area contributed by atoms with Crippen LogP contribution < -0.4 is 16.4 Å². The van der Waals surface area contributed by atoms with Gasteiger partial charge in [-0.3, -0.25) is 0 Å². The first-order valence-corrected chi connectivity index (χ1v) is 14.8. The van der Waals surface area contributed by atoms with Crippen LogP contribution in [0.25, 0.3) is 0 Å². The molecule has 0 bridgehead atoms. The first-order valence-electron chi connectivity index (χ1n) is 9.17. The Labute approximate surface area is 183 Å². The topological polar surface area (TPSA) is 102 Å². The highest BCUT2D eigenvalue weighted by atomic mass is 32.2. The minimum absolute atomic E-state index is 0.190. The smallest absolute Gasteiger partial charge is 0.224 e. The Balaban J connectivity index is 2.14. The molecule has 0 saturated carbocycles. The van der Waals surface area contributed by atoms with Crippen LogP contribution in [0.1, 0.15) is 0 Å². The molecule has 0 heterocycles. The molecule has 0 aromatic heterocycles. The number of hydrogen-bond donors (Lipinski definition) is 0. The molecule has 6 nitrogen and oxygen atoms in total. The van der Waals surface area contributed by atoms with Crippen molar-refractivity contribution in [2.45, 2.75) is 14.7 Å². The Bertz CT molecular complexity index is 1230. The molecule has 0 radical (unpaired) electrons. The van der Waals surface area contributed by atoms with Crippen molar-refractivity contribution in [3.63, 3.8) is 0 Å². The van der Waals surface area contributed by atoms with Crippen molar-refractivity contribution in [1.29, 1.82) is 0 Å². The minimum atomic E-state index is -3.35. The van der Waals surface area contributed by atoms with E-state index in [9.17, 15) is 25.3 Å². The van der Waals surface area contributed by atoms with Gasteiger partial charge in [-0.15, -0.1) is 0 Å². The van der Waals surface area contributed by atoms with E-state index in [1.807, 2.05) is 0 Å². The predicted octanol–water partition coefficient (Wildman–Crippen LogP) is 0.413. The van der Waals surface area contributed by atoms with Crippen molar-refractivity contribution >= 4 is 52.6 Å². The Morgan fingerprint density at radius 3 is 0.774 bits per heavy atom. The Hall–Kier alpha value is -2.43. The van der Waals surface area contributed by atoms with Crippen LogP contribution in [0.3, 0.4) is 0 Å². The van der Waals surface area contributed by atoms with Gasteiger partial charge in [0.05, 0.1) is 14.7 Å². The first kappa shape index (κ1) is 23.2. The maximum atomic E-state index is 11.8. The van der Waals surface area contributed by atoms with Gasteiger partial charge in [0.25, 0.3) is 0 Å². The van der Waals surface area contributed by atoms with Gasteiger partial charge < -0.3 is 0 Å². The van der Waals surface area contributed by atoms with Crippen LogP contribution in [0.4, 0.5) is 0 Å². The van der Waals surface area contributed by atoms with Gasteiger partial charge in [0.1, 0.15) is 0 Å². The molecule has 3 aromatic carbocycles. The summed E-state index contributed by atoms with van der Waals surface area (Å²) in [5.41, 5.74) is 2.35. The predicted molar refractivity (Wildman–Crippen MR) is 123 cm³/mol. The average molecular weight is 476 g/mol. The van der Waals surface area contributed by atoms with Crippen LogP contribution in [0.15, 0.2) is 87.5 Å². The summed E-state index contributed by atoms with van der Waals surface area (Å²) in [6.45, 7) is -0.351. The maximum Gasteiger partial charge on any atom is 0.241 e. The summed E-state index contributed by atoms with van der Waals surface area (Å²) in [6, 6.07) is 19.4. The number of hydrogen-bond acceptors (Lipinski definition) is 6. The number of benzene rings is 3. The van der Waals surface area contributed by atoms with Crippen molar-refractivity contribution in [2.24, 2.45) is 0 Å². The molecule has 3 rings (SSSR count). The van der Waals surface area contributed by atoms with Gasteiger partial charge in [0.15, 0.2) is 29.5 Å². The second-order valence-electron chi connectivity index (χ2n) is 7.46. The van der Waals surface area contributed by atoms with E-state index in [1.54, 1.807) is 36.4 Å². The molecule has 0 aliphatic carbocycles. The van der Waals surface area contributed by atoms with Crippen molar-refractivity contribution < 1.29 is 25.3 Å². The molecule has 31 heavy (non-hydrogen) atoms. The molecule has 0 N–H and O–H groups in total. The van der Waals surface area contributed by atoms with E-state index in [2.05, 4.69) is 0 Å². The van der Waals surface area contributed by atoms with Crippen LogP contribution in [0.5, 0.6) is 0 Å². The fraction of sp³-hybridized carbons (Fsp3) is 0.143. The SMILES string of the molecule is CS(=O)(=O)c1ccc(B(c2ccc(S(C)(=O)=O)cc2)c2ccc(S(C)(=O)=O)cc2)cc1. The molecule has 3 aromatic rings. The monoisotopic (exact) mass is 476 g/mol. The molecule has 0 unspecified atom stereocenters. The molecule has 10 heteroatoms. The van der Waals surface area contributed by atoms with Crippen molar-refractivity contribution in [1.82, 2.24) is 0 Å². The summed E-state index contributed by atoms with van der Waals surface area (Å²) in [6.07, 6.45) is 3.40. The fourth-order valence-electron chi connectivity index (χ4n) is 3.30. The number of sulfone groups is 3. The van der Waals surface area contributed by atoms with E-state index >= 15 is 0 Å². The largest absolute Gasteiger partial charge is 0.241 e. The molecule has 0 aliphatic rings. The van der Waals surface area contributed by atoms with E-state index in [1.165, 1.54) is 36.4 Å². The molecule has 0 fully saturated rings. The van der Waals surface area contributed by atoms with Crippen molar-refractivity contribution in [3.05, 3.63) is 72.8 Å². The van der Waals surface area contributed by atoms with E-state index in [-0.39, 0.29) is 21.4 Å². The Kier molecular flexibility index (Phi) is 6.19. The molecule has 162 valence electrons. The fourth-order valence-corrected chi connectivity index (χ4v) is 5.19. The zero-order chi connectivity index (χ0) is 23.0. The molecule has 0 amide bonds. The maximum absolute atomic E-state index is 11.8. The van der Waals surface area contributed by atoms with E-state index < -0.39 is 29.5 Å². The Morgan fingerprint density at radius 2 is 0.613 bits per heavy atom. The van der Waals surface area contributed by atoms with Gasteiger partial charge in [-0.2, -0.15) is 0 Å². The van der Waals surface area contributed by atoms with Gasteiger partial charge in [0.2, 0.25) is 6.71 Å². The highest BCUT2D eigenvalue weighted by Gasteiger charge is 2.23. The minimum Gasteiger partial charge on any atom is -0.224 e. The first-order chi connectivity index (χ1) is 14.3. The van der Waals surface area contributed by atoms with Crippen LogP contribution in [0.2, 0.25) is 0 Å². The van der Waals surface area contributed by atoms with Gasteiger partial charge in [-0.1, -0.05) is 52.8 Å². The summed E-state index contributed by atoms with van der Waals surface area (Å²) in [5.74, 6) is 0. The lowest BCUT2D eigenvalue weighted by Crippen LogP contribution is -2.52. The highest BCUT2D eigenvalue weighted by Crippen LogP contribution is 2.10.